The van der Waals surface area contributed by atoms with Gasteiger partial charge in [0.25, 0.3) is 0 Å². The van der Waals surface area contributed by atoms with E-state index in [1.165, 1.54) is 0 Å². The monoisotopic (exact) mass is 305 g/mol. The first-order valence-corrected chi connectivity index (χ1v) is 5.47. The van der Waals surface area contributed by atoms with Gasteiger partial charge >= 0.3 is 5.97 Å². The van der Waals surface area contributed by atoms with Crippen molar-refractivity contribution < 1.29 is 9.90 Å². The quantitative estimate of drug-likeness (QED) is 0.841. The minimum Gasteiger partial charge on any atom is -0.480 e. The first-order chi connectivity index (χ1) is 6.65. The van der Waals surface area contributed by atoms with Gasteiger partial charge in [0, 0.05) is 9.26 Å². The summed E-state index contributed by atoms with van der Waals surface area (Å²) in [5.41, 5.74) is 0.877. The van der Waals surface area contributed by atoms with E-state index in [1.807, 2.05) is 31.2 Å². The number of aliphatic carboxylic acids is 1. The second-order valence-corrected chi connectivity index (χ2v) is 4.09. The van der Waals surface area contributed by atoms with Gasteiger partial charge in [0.2, 0.25) is 0 Å². The number of carboxylic acid groups (broad SMARTS) is 1. The number of nitrogens with one attached hydrogen (secondary N) is 1. The van der Waals surface area contributed by atoms with E-state index in [0.29, 0.717) is 6.42 Å². The van der Waals surface area contributed by atoms with E-state index < -0.39 is 12.0 Å². The van der Waals surface area contributed by atoms with E-state index in [2.05, 4.69) is 27.9 Å². The lowest BCUT2D eigenvalue weighted by molar-refractivity contribution is -0.137. The fourth-order valence-corrected chi connectivity index (χ4v) is 1.65. The SMILES string of the molecule is CCC(Nc1ccccc1I)C(=O)O. The molecular formula is C10H12INO2. The fraction of sp³-hybridized carbons (Fsp3) is 0.300. The average molecular weight is 305 g/mol. The lowest BCUT2D eigenvalue weighted by Gasteiger charge is -2.14. The molecule has 1 aromatic rings. The molecule has 0 spiro atoms. The number of benzene rings is 1. The first-order valence-electron chi connectivity index (χ1n) is 4.39. The normalized spacial score (nSPS) is 12.1. The summed E-state index contributed by atoms with van der Waals surface area (Å²) in [5, 5.41) is 11.8. The van der Waals surface area contributed by atoms with Gasteiger partial charge in [-0.3, -0.25) is 0 Å². The number of hydrogen-bond donors (Lipinski definition) is 2. The van der Waals surface area contributed by atoms with Crippen molar-refractivity contribution in [1.82, 2.24) is 0 Å². The van der Waals surface area contributed by atoms with Crippen LogP contribution in [0, 0.1) is 3.57 Å². The van der Waals surface area contributed by atoms with Gasteiger partial charge in [-0.1, -0.05) is 19.1 Å². The third-order valence-corrected chi connectivity index (χ3v) is 2.85. The van der Waals surface area contributed by atoms with Crippen LogP contribution in [0.1, 0.15) is 13.3 Å². The average Bonchev–Trinajstić information content (AvgIpc) is 2.16. The van der Waals surface area contributed by atoms with Gasteiger partial charge in [-0.25, -0.2) is 4.79 Å². The Balaban J connectivity index is 2.77. The zero-order chi connectivity index (χ0) is 10.6. The molecule has 0 amide bonds. The van der Waals surface area contributed by atoms with Crippen LogP contribution in [0.5, 0.6) is 0 Å². The highest BCUT2D eigenvalue weighted by molar-refractivity contribution is 14.1. The smallest absolute Gasteiger partial charge is 0.326 e. The van der Waals surface area contributed by atoms with Crippen LogP contribution >= 0.6 is 22.6 Å². The molecule has 0 fully saturated rings. The predicted molar refractivity (Wildman–Crippen MR) is 64.5 cm³/mol. The van der Waals surface area contributed by atoms with Gasteiger partial charge in [0.05, 0.1) is 0 Å². The maximum atomic E-state index is 10.8. The Morgan fingerprint density at radius 3 is 2.71 bits per heavy atom. The molecule has 2 N–H and O–H groups in total. The Labute approximate surface area is 96.7 Å². The first kappa shape index (κ1) is 11.3. The number of anilines is 1. The lowest BCUT2D eigenvalue weighted by Crippen LogP contribution is -2.28. The number of carbonyl (C=O) groups is 1. The lowest BCUT2D eigenvalue weighted by atomic mass is 10.2. The molecule has 14 heavy (non-hydrogen) atoms. The van der Waals surface area contributed by atoms with Crippen LogP contribution in [0.15, 0.2) is 24.3 Å². The summed E-state index contributed by atoms with van der Waals surface area (Å²) < 4.78 is 1.03. The molecule has 0 radical (unpaired) electrons. The maximum absolute atomic E-state index is 10.8. The van der Waals surface area contributed by atoms with E-state index in [4.69, 9.17) is 5.11 Å². The summed E-state index contributed by atoms with van der Waals surface area (Å²) in [7, 11) is 0. The Hall–Kier alpha value is -0.780. The third-order valence-electron chi connectivity index (χ3n) is 1.91. The molecule has 0 aromatic heterocycles. The Morgan fingerprint density at radius 1 is 1.57 bits per heavy atom. The Kier molecular flexibility index (Phi) is 4.19. The molecular weight excluding hydrogens is 293 g/mol. The van der Waals surface area contributed by atoms with Gasteiger partial charge < -0.3 is 10.4 Å². The second kappa shape index (κ2) is 5.19. The molecule has 1 atom stereocenters. The molecule has 4 heteroatoms. The van der Waals surface area contributed by atoms with E-state index in [0.717, 1.165) is 9.26 Å². The Bertz CT molecular complexity index is 328. The fourth-order valence-electron chi connectivity index (χ4n) is 1.10. The second-order valence-electron chi connectivity index (χ2n) is 2.92. The molecule has 76 valence electrons. The zero-order valence-corrected chi connectivity index (χ0v) is 9.98. The molecule has 0 aliphatic heterocycles. The predicted octanol–water partition coefficient (Wildman–Crippen LogP) is 2.57. The summed E-state index contributed by atoms with van der Waals surface area (Å²) in [6.45, 7) is 1.85. The summed E-state index contributed by atoms with van der Waals surface area (Å²) in [6, 6.07) is 7.13. The van der Waals surface area contributed by atoms with Crippen molar-refractivity contribution in [1.29, 1.82) is 0 Å². The number of halogens is 1. The molecule has 0 saturated heterocycles. The molecule has 0 aliphatic carbocycles. The summed E-state index contributed by atoms with van der Waals surface area (Å²) in [4.78, 5) is 10.8. The van der Waals surface area contributed by atoms with Gasteiger partial charge in [-0.2, -0.15) is 0 Å². The van der Waals surface area contributed by atoms with Gasteiger partial charge in [-0.15, -0.1) is 0 Å². The minimum atomic E-state index is -0.813. The van der Waals surface area contributed by atoms with E-state index in [1.54, 1.807) is 0 Å². The van der Waals surface area contributed by atoms with Crippen LogP contribution in [-0.2, 0) is 4.79 Å². The molecule has 0 bridgehead atoms. The van der Waals surface area contributed by atoms with Crippen molar-refractivity contribution in [3.63, 3.8) is 0 Å². The van der Waals surface area contributed by atoms with Crippen molar-refractivity contribution in [2.45, 2.75) is 19.4 Å². The highest BCUT2D eigenvalue weighted by atomic mass is 127. The largest absolute Gasteiger partial charge is 0.480 e. The number of rotatable bonds is 4. The third kappa shape index (κ3) is 2.87. The number of para-hydroxylation sites is 1. The summed E-state index contributed by atoms with van der Waals surface area (Å²) in [6.07, 6.45) is 0.570. The van der Waals surface area contributed by atoms with Crippen LogP contribution in [-0.4, -0.2) is 17.1 Å². The van der Waals surface area contributed by atoms with Crippen LogP contribution in [0.3, 0.4) is 0 Å². The van der Waals surface area contributed by atoms with Crippen molar-refractivity contribution >= 4 is 34.2 Å². The van der Waals surface area contributed by atoms with Crippen LogP contribution < -0.4 is 5.32 Å². The molecule has 1 unspecified atom stereocenters. The molecule has 0 aliphatic rings. The van der Waals surface area contributed by atoms with Crippen molar-refractivity contribution in [3.8, 4) is 0 Å². The molecule has 1 rings (SSSR count). The molecule has 0 heterocycles. The standard InChI is InChI=1S/C10H12INO2/c1-2-8(10(13)14)12-9-6-4-3-5-7(9)11/h3-6,8,12H,2H2,1H3,(H,13,14). The van der Waals surface area contributed by atoms with Gasteiger partial charge in [0.1, 0.15) is 6.04 Å². The molecule has 3 nitrogen and oxygen atoms in total. The highest BCUT2D eigenvalue weighted by Crippen LogP contribution is 2.18. The van der Waals surface area contributed by atoms with Crippen LogP contribution in [0.25, 0.3) is 0 Å². The maximum Gasteiger partial charge on any atom is 0.326 e. The minimum absolute atomic E-state index is 0.508. The van der Waals surface area contributed by atoms with Gasteiger partial charge in [-0.05, 0) is 41.1 Å². The van der Waals surface area contributed by atoms with Crippen LogP contribution in [0.2, 0.25) is 0 Å². The van der Waals surface area contributed by atoms with Crippen molar-refractivity contribution in [3.05, 3.63) is 27.8 Å². The van der Waals surface area contributed by atoms with Gasteiger partial charge in [0.15, 0.2) is 0 Å². The Morgan fingerprint density at radius 2 is 2.21 bits per heavy atom. The molecule has 0 saturated carbocycles. The van der Waals surface area contributed by atoms with E-state index >= 15 is 0 Å². The van der Waals surface area contributed by atoms with Crippen molar-refractivity contribution in [2.24, 2.45) is 0 Å². The van der Waals surface area contributed by atoms with Crippen molar-refractivity contribution in [2.75, 3.05) is 5.32 Å². The van der Waals surface area contributed by atoms with Crippen LogP contribution in [0.4, 0.5) is 5.69 Å². The summed E-state index contributed by atoms with van der Waals surface area (Å²) in [5.74, 6) is -0.813. The van der Waals surface area contributed by atoms with E-state index in [-0.39, 0.29) is 0 Å². The number of carboxylic acids is 1. The zero-order valence-electron chi connectivity index (χ0n) is 7.83. The summed E-state index contributed by atoms with van der Waals surface area (Å²) >= 11 is 2.18. The highest BCUT2D eigenvalue weighted by Gasteiger charge is 2.14. The topological polar surface area (TPSA) is 49.3 Å². The molecule has 1 aromatic carbocycles. The van der Waals surface area contributed by atoms with E-state index in [9.17, 15) is 4.79 Å². The number of hydrogen-bond acceptors (Lipinski definition) is 2.